The number of alkyl halides is 1. The van der Waals surface area contributed by atoms with E-state index in [1.165, 1.54) is 6.33 Å². The molecular formula is C9H14BrN3O. The van der Waals surface area contributed by atoms with Crippen molar-refractivity contribution < 1.29 is 4.74 Å². The largest absolute Gasteiger partial charge is 0.478 e. The Morgan fingerprint density at radius 2 is 2.29 bits per heavy atom. The van der Waals surface area contributed by atoms with E-state index in [1.54, 1.807) is 0 Å². The summed E-state index contributed by atoms with van der Waals surface area (Å²) in [5.74, 6) is 1.50. The predicted molar refractivity (Wildman–Crippen MR) is 60.3 cm³/mol. The van der Waals surface area contributed by atoms with Crippen molar-refractivity contribution in [3.05, 3.63) is 12.4 Å². The molecule has 0 radical (unpaired) electrons. The maximum Gasteiger partial charge on any atom is 0.218 e. The van der Waals surface area contributed by atoms with Gasteiger partial charge < -0.3 is 9.64 Å². The van der Waals surface area contributed by atoms with Crippen LogP contribution in [0.3, 0.4) is 0 Å². The van der Waals surface area contributed by atoms with Gasteiger partial charge in [0.1, 0.15) is 12.1 Å². The summed E-state index contributed by atoms with van der Waals surface area (Å²) in [6.45, 7) is 3.46. The molecule has 0 bridgehead atoms. The smallest absolute Gasteiger partial charge is 0.218 e. The zero-order valence-corrected chi connectivity index (χ0v) is 9.99. The molecule has 5 heteroatoms. The maximum atomic E-state index is 5.29. The standard InChI is InChI=1S/C9H14BrN3O/c1-3-14-9-6-8(11-7-12-9)13(2)5-4-10/h6-7H,3-5H2,1-2H3. The van der Waals surface area contributed by atoms with E-state index in [9.17, 15) is 0 Å². The number of ether oxygens (including phenoxy) is 1. The third-order valence-electron chi connectivity index (χ3n) is 1.73. The Hall–Kier alpha value is -0.840. The van der Waals surface area contributed by atoms with Gasteiger partial charge in [-0.25, -0.2) is 9.97 Å². The normalized spacial score (nSPS) is 9.93. The second kappa shape index (κ2) is 5.80. The van der Waals surface area contributed by atoms with Crippen molar-refractivity contribution in [1.82, 2.24) is 9.97 Å². The van der Waals surface area contributed by atoms with E-state index >= 15 is 0 Å². The summed E-state index contributed by atoms with van der Waals surface area (Å²) in [4.78, 5) is 10.2. The van der Waals surface area contributed by atoms with Gasteiger partial charge in [-0.05, 0) is 6.92 Å². The number of aromatic nitrogens is 2. The average molecular weight is 260 g/mol. The average Bonchev–Trinajstić information content (AvgIpc) is 2.19. The summed E-state index contributed by atoms with van der Waals surface area (Å²) in [6.07, 6.45) is 1.52. The van der Waals surface area contributed by atoms with E-state index in [0.717, 1.165) is 17.7 Å². The predicted octanol–water partition coefficient (Wildman–Crippen LogP) is 1.71. The molecule has 1 rings (SSSR count). The molecule has 0 spiro atoms. The van der Waals surface area contributed by atoms with Crippen LogP contribution in [0, 0.1) is 0 Å². The topological polar surface area (TPSA) is 38.2 Å². The molecule has 0 saturated carbocycles. The van der Waals surface area contributed by atoms with Gasteiger partial charge in [0.25, 0.3) is 0 Å². The first-order valence-electron chi connectivity index (χ1n) is 4.50. The van der Waals surface area contributed by atoms with Crippen LogP contribution in [0.15, 0.2) is 12.4 Å². The van der Waals surface area contributed by atoms with Crippen molar-refractivity contribution in [3.63, 3.8) is 0 Å². The Morgan fingerprint density at radius 3 is 2.93 bits per heavy atom. The number of nitrogens with zero attached hydrogens (tertiary/aromatic N) is 3. The van der Waals surface area contributed by atoms with Gasteiger partial charge in [0.05, 0.1) is 6.61 Å². The third-order valence-corrected chi connectivity index (χ3v) is 2.09. The zero-order chi connectivity index (χ0) is 10.4. The molecule has 0 saturated heterocycles. The number of rotatable bonds is 5. The second-order valence-electron chi connectivity index (χ2n) is 2.76. The number of hydrogen-bond donors (Lipinski definition) is 0. The van der Waals surface area contributed by atoms with Gasteiger partial charge in [-0.2, -0.15) is 0 Å². The van der Waals surface area contributed by atoms with Gasteiger partial charge in [-0.1, -0.05) is 15.9 Å². The molecule has 1 aromatic rings. The first-order valence-corrected chi connectivity index (χ1v) is 5.62. The van der Waals surface area contributed by atoms with Crippen LogP contribution in [0.2, 0.25) is 0 Å². The van der Waals surface area contributed by atoms with Crippen LogP contribution in [0.5, 0.6) is 5.88 Å². The highest BCUT2D eigenvalue weighted by Gasteiger charge is 2.03. The summed E-state index contributed by atoms with van der Waals surface area (Å²) >= 11 is 3.38. The molecule has 0 N–H and O–H groups in total. The van der Waals surface area contributed by atoms with Gasteiger partial charge in [0.2, 0.25) is 5.88 Å². The number of anilines is 1. The van der Waals surface area contributed by atoms with Crippen LogP contribution >= 0.6 is 15.9 Å². The summed E-state index contributed by atoms with van der Waals surface area (Å²) in [5.41, 5.74) is 0. The Balaban J connectivity index is 2.71. The number of halogens is 1. The van der Waals surface area contributed by atoms with Crippen LogP contribution in [0.1, 0.15) is 6.92 Å². The van der Waals surface area contributed by atoms with Crippen LogP contribution < -0.4 is 9.64 Å². The fraction of sp³-hybridized carbons (Fsp3) is 0.556. The molecule has 4 nitrogen and oxygen atoms in total. The Kier molecular flexibility index (Phi) is 4.65. The molecule has 0 amide bonds. The molecular weight excluding hydrogens is 246 g/mol. The first-order chi connectivity index (χ1) is 6.77. The quantitative estimate of drug-likeness (QED) is 0.755. The minimum Gasteiger partial charge on any atom is -0.478 e. The zero-order valence-electron chi connectivity index (χ0n) is 8.40. The molecule has 0 aliphatic rings. The molecule has 0 fully saturated rings. The monoisotopic (exact) mass is 259 g/mol. The van der Waals surface area contributed by atoms with Crippen molar-refractivity contribution in [1.29, 1.82) is 0 Å². The van der Waals surface area contributed by atoms with Gasteiger partial charge in [0, 0.05) is 25.0 Å². The molecule has 1 aromatic heterocycles. The highest BCUT2D eigenvalue weighted by atomic mass is 79.9. The van der Waals surface area contributed by atoms with Gasteiger partial charge in [-0.3, -0.25) is 0 Å². The van der Waals surface area contributed by atoms with E-state index in [2.05, 4.69) is 25.9 Å². The highest BCUT2D eigenvalue weighted by Crippen LogP contribution is 2.14. The van der Waals surface area contributed by atoms with Crippen LogP contribution in [-0.2, 0) is 0 Å². The SMILES string of the molecule is CCOc1cc(N(C)CCBr)ncn1. The molecule has 0 aliphatic heterocycles. The van der Waals surface area contributed by atoms with Gasteiger partial charge in [-0.15, -0.1) is 0 Å². The van der Waals surface area contributed by atoms with Crippen molar-refractivity contribution in [2.75, 3.05) is 30.4 Å². The first kappa shape index (κ1) is 11.2. The van der Waals surface area contributed by atoms with E-state index in [-0.39, 0.29) is 0 Å². The van der Waals surface area contributed by atoms with Crippen molar-refractivity contribution in [2.45, 2.75) is 6.92 Å². The lowest BCUT2D eigenvalue weighted by atomic mass is 10.5. The Labute approximate surface area is 92.4 Å². The summed E-state index contributed by atoms with van der Waals surface area (Å²) in [6, 6.07) is 1.84. The minimum atomic E-state index is 0.624. The van der Waals surface area contributed by atoms with Crippen LogP contribution in [0.25, 0.3) is 0 Å². The van der Waals surface area contributed by atoms with E-state index in [4.69, 9.17) is 4.74 Å². The lowest BCUT2D eigenvalue weighted by Gasteiger charge is -2.16. The number of hydrogen-bond acceptors (Lipinski definition) is 4. The molecule has 14 heavy (non-hydrogen) atoms. The fourth-order valence-electron chi connectivity index (χ4n) is 1.01. The molecule has 1 heterocycles. The van der Waals surface area contributed by atoms with Crippen LogP contribution in [0.4, 0.5) is 5.82 Å². The molecule has 78 valence electrons. The minimum absolute atomic E-state index is 0.624. The lowest BCUT2D eigenvalue weighted by Crippen LogP contribution is -2.20. The van der Waals surface area contributed by atoms with Gasteiger partial charge in [0.15, 0.2) is 0 Å². The van der Waals surface area contributed by atoms with E-state index < -0.39 is 0 Å². The van der Waals surface area contributed by atoms with E-state index in [1.807, 2.05) is 24.9 Å². The fourth-order valence-corrected chi connectivity index (χ4v) is 1.54. The summed E-state index contributed by atoms with van der Waals surface area (Å²) < 4.78 is 5.29. The van der Waals surface area contributed by atoms with Gasteiger partial charge >= 0.3 is 0 Å². The van der Waals surface area contributed by atoms with Crippen LogP contribution in [-0.4, -0.2) is 35.5 Å². The third kappa shape index (κ3) is 3.14. The second-order valence-corrected chi connectivity index (χ2v) is 3.55. The maximum absolute atomic E-state index is 5.29. The molecule has 0 aromatic carbocycles. The Bertz CT molecular complexity index is 283. The molecule has 0 atom stereocenters. The highest BCUT2D eigenvalue weighted by molar-refractivity contribution is 9.09. The molecule has 0 aliphatic carbocycles. The summed E-state index contributed by atoms with van der Waals surface area (Å²) in [5, 5.41) is 0.914. The van der Waals surface area contributed by atoms with Crippen molar-refractivity contribution in [2.24, 2.45) is 0 Å². The van der Waals surface area contributed by atoms with Crippen molar-refractivity contribution in [3.8, 4) is 5.88 Å². The summed E-state index contributed by atoms with van der Waals surface area (Å²) in [7, 11) is 1.99. The Morgan fingerprint density at radius 1 is 1.50 bits per heavy atom. The lowest BCUT2D eigenvalue weighted by molar-refractivity contribution is 0.326. The van der Waals surface area contributed by atoms with Crippen molar-refractivity contribution >= 4 is 21.7 Å². The van der Waals surface area contributed by atoms with E-state index in [0.29, 0.717) is 12.5 Å². The molecule has 0 unspecified atom stereocenters.